The summed E-state index contributed by atoms with van der Waals surface area (Å²) < 4.78 is 10.5. The van der Waals surface area contributed by atoms with Gasteiger partial charge in [-0.25, -0.2) is 4.79 Å². The van der Waals surface area contributed by atoms with Gasteiger partial charge >= 0.3 is 5.97 Å². The van der Waals surface area contributed by atoms with Crippen molar-refractivity contribution in [3.63, 3.8) is 0 Å². The predicted molar refractivity (Wildman–Crippen MR) is 98.8 cm³/mol. The molecule has 5 nitrogen and oxygen atoms in total. The van der Waals surface area contributed by atoms with E-state index in [1.165, 1.54) is 7.11 Å². The Bertz CT molecular complexity index is 905. The lowest BCUT2D eigenvalue weighted by molar-refractivity contribution is 0.0734. The van der Waals surface area contributed by atoms with Crippen LogP contribution >= 0.6 is 0 Å². The zero-order valence-corrected chi connectivity index (χ0v) is 14.1. The SMILES string of the molecule is COc1ccccc1C(=O)Nc1ccc(OC(=O)c2ccccc2)cc1. The third-order valence-electron chi connectivity index (χ3n) is 3.68. The van der Waals surface area contributed by atoms with E-state index in [1.807, 2.05) is 6.07 Å². The molecule has 0 radical (unpaired) electrons. The molecule has 0 spiro atoms. The third-order valence-corrected chi connectivity index (χ3v) is 3.68. The Morgan fingerprint density at radius 1 is 0.808 bits per heavy atom. The van der Waals surface area contributed by atoms with Crippen LogP contribution in [0, 0.1) is 0 Å². The first-order valence-corrected chi connectivity index (χ1v) is 7.99. The second-order valence-electron chi connectivity index (χ2n) is 5.43. The first-order valence-electron chi connectivity index (χ1n) is 7.99. The minimum absolute atomic E-state index is 0.281. The van der Waals surface area contributed by atoms with Crippen molar-refractivity contribution in [2.45, 2.75) is 0 Å². The van der Waals surface area contributed by atoms with Gasteiger partial charge < -0.3 is 14.8 Å². The summed E-state index contributed by atoms with van der Waals surface area (Å²) in [5.74, 6) is 0.181. The summed E-state index contributed by atoms with van der Waals surface area (Å²) >= 11 is 0. The van der Waals surface area contributed by atoms with E-state index in [-0.39, 0.29) is 5.91 Å². The molecule has 130 valence electrons. The van der Waals surface area contributed by atoms with Gasteiger partial charge in [-0.15, -0.1) is 0 Å². The van der Waals surface area contributed by atoms with Crippen molar-refractivity contribution in [3.8, 4) is 11.5 Å². The highest BCUT2D eigenvalue weighted by Crippen LogP contribution is 2.21. The number of benzene rings is 3. The van der Waals surface area contributed by atoms with Gasteiger partial charge in [-0.2, -0.15) is 0 Å². The molecular weight excluding hydrogens is 330 g/mol. The van der Waals surface area contributed by atoms with Gasteiger partial charge in [0.1, 0.15) is 11.5 Å². The number of carbonyl (C=O) groups excluding carboxylic acids is 2. The van der Waals surface area contributed by atoms with Crippen molar-refractivity contribution >= 4 is 17.6 Å². The summed E-state index contributed by atoms with van der Waals surface area (Å²) in [6, 6.07) is 22.3. The van der Waals surface area contributed by atoms with E-state index in [0.29, 0.717) is 28.3 Å². The van der Waals surface area contributed by atoms with Crippen molar-refractivity contribution in [2.24, 2.45) is 0 Å². The molecule has 0 aromatic heterocycles. The molecule has 3 aromatic carbocycles. The molecule has 0 saturated heterocycles. The average molecular weight is 347 g/mol. The number of para-hydroxylation sites is 1. The second-order valence-corrected chi connectivity index (χ2v) is 5.43. The van der Waals surface area contributed by atoms with Crippen molar-refractivity contribution in [1.29, 1.82) is 0 Å². The number of hydrogen-bond donors (Lipinski definition) is 1. The van der Waals surface area contributed by atoms with Gasteiger partial charge in [0.15, 0.2) is 0 Å². The largest absolute Gasteiger partial charge is 0.496 e. The van der Waals surface area contributed by atoms with Gasteiger partial charge in [-0.3, -0.25) is 4.79 Å². The summed E-state index contributed by atoms with van der Waals surface area (Å²) in [4.78, 5) is 24.4. The number of methoxy groups -OCH3 is 1. The molecule has 1 N–H and O–H groups in total. The van der Waals surface area contributed by atoms with E-state index in [1.54, 1.807) is 72.8 Å². The standard InChI is InChI=1S/C21H17NO4/c1-25-19-10-6-5-9-18(19)20(23)22-16-11-13-17(14-12-16)26-21(24)15-7-3-2-4-8-15/h2-14H,1H3,(H,22,23). The molecule has 1 amide bonds. The van der Waals surface area contributed by atoms with Crippen LogP contribution in [-0.4, -0.2) is 19.0 Å². The van der Waals surface area contributed by atoms with Crippen LogP contribution in [0.5, 0.6) is 11.5 Å². The summed E-state index contributed by atoms with van der Waals surface area (Å²) in [5, 5.41) is 2.79. The monoisotopic (exact) mass is 347 g/mol. The number of ether oxygens (including phenoxy) is 2. The van der Waals surface area contributed by atoms with E-state index < -0.39 is 5.97 Å². The number of amides is 1. The van der Waals surface area contributed by atoms with E-state index in [0.717, 1.165) is 0 Å². The lowest BCUT2D eigenvalue weighted by Crippen LogP contribution is -2.13. The zero-order chi connectivity index (χ0) is 18.4. The summed E-state index contributed by atoms with van der Waals surface area (Å²) in [6.07, 6.45) is 0. The number of carbonyl (C=O) groups is 2. The minimum Gasteiger partial charge on any atom is -0.496 e. The second kappa shape index (κ2) is 7.98. The Balaban J connectivity index is 1.66. The van der Waals surface area contributed by atoms with Crippen LogP contribution in [0.4, 0.5) is 5.69 Å². The molecule has 5 heteroatoms. The van der Waals surface area contributed by atoms with Gasteiger partial charge in [0.2, 0.25) is 0 Å². The molecule has 0 atom stereocenters. The molecule has 0 aliphatic heterocycles. The molecule has 0 aliphatic rings. The number of hydrogen-bond acceptors (Lipinski definition) is 4. The van der Waals surface area contributed by atoms with Gasteiger partial charge in [0.25, 0.3) is 5.91 Å². The van der Waals surface area contributed by atoms with Crippen molar-refractivity contribution in [2.75, 3.05) is 12.4 Å². The quantitative estimate of drug-likeness (QED) is 0.556. The van der Waals surface area contributed by atoms with Gasteiger partial charge in [-0.05, 0) is 48.5 Å². The molecule has 0 unspecified atom stereocenters. The van der Waals surface area contributed by atoms with Crippen LogP contribution in [0.3, 0.4) is 0 Å². The smallest absolute Gasteiger partial charge is 0.343 e. The summed E-state index contributed by atoms with van der Waals surface area (Å²) in [7, 11) is 1.52. The molecule has 26 heavy (non-hydrogen) atoms. The normalized spacial score (nSPS) is 10.0. The Kier molecular flexibility index (Phi) is 5.29. The lowest BCUT2D eigenvalue weighted by atomic mass is 10.2. The van der Waals surface area contributed by atoms with Crippen LogP contribution < -0.4 is 14.8 Å². The molecule has 0 aliphatic carbocycles. The number of esters is 1. The van der Waals surface area contributed by atoms with Crippen molar-refractivity contribution in [1.82, 2.24) is 0 Å². The van der Waals surface area contributed by atoms with E-state index in [2.05, 4.69) is 5.32 Å². The molecule has 3 rings (SSSR count). The fourth-order valence-electron chi connectivity index (χ4n) is 2.38. The third kappa shape index (κ3) is 4.08. The molecule has 3 aromatic rings. The summed E-state index contributed by atoms with van der Waals surface area (Å²) in [5.41, 5.74) is 1.50. The van der Waals surface area contributed by atoms with E-state index >= 15 is 0 Å². The Hall–Kier alpha value is -3.60. The molecule has 0 fully saturated rings. The number of nitrogens with one attached hydrogen (secondary N) is 1. The van der Waals surface area contributed by atoms with Crippen molar-refractivity contribution < 1.29 is 19.1 Å². The maximum absolute atomic E-state index is 12.4. The Morgan fingerprint density at radius 3 is 2.15 bits per heavy atom. The van der Waals surface area contributed by atoms with E-state index in [4.69, 9.17) is 9.47 Å². The van der Waals surface area contributed by atoms with Crippen LogP contribution in [0.2, 0.25) is 0 Å². The Morgan fingerprint density at radius 2 is 1.46 bits per heavy atom. The van der Waals surface area contributed by atoms with Crippen LogP contribution in [-0.2, 0) is 0 Å². The Labute approximate surface area is 151 Å². The van der Waals surface area contributed by atoms with Crippen molar-refractivity contribution in [3.05, 3.63) is 90.0 Å². The van der Waals surface area contributed by atoms with E-state index in [9.17, 15) is 9.59 Å². The minimum atomic E-state index is -0.434. The highest BCUT2D eigenvalue weighted by atomic mass is 16.5. The van der Waals surface area contributed by atoms with Crippen LogP contribution in [0.25, 0.3) is 0 Å². The maximum atomic E-state index is 12.4. The maximum Gasteiger partial charge on any atom is 0.343 e. The number of anilines is 1. The number of rotatable bonds is 5. The first-order chi connectivity index (χ1) is 12.7. The fraction of sp³-hybridized carbons (Fsp3) is 0.0476. The van der Waals surface area contributed by atoms with Crippen LogP contribution in [0.1, 0.15) is 20.7 Å². The highest BCUT2D eigenvalue weighted by molar-refractivity contribution is 6.06. The highest BCUT2D eigenvalue weighted by Gasteiger charge is 2.12. The topological polar surface area (TPSA) is 64.6 Å². The van der Waals surface area contributed by atoms with Gasteiger partial charge in [-0.1, -0.05) is 30.3 Å². The molecule has 0 saturated carbocycles. The summed E-state index contributed by atoms with van der Waals surface area (Å²) in [6.45, 7) is 0. The molecule has 0 heterocycles. The first kappa shape index (κ1) is 17.2. The lowest BCUT2D eigenvalue weighted by Gasteiger charge is -2.10. The molecular formula is C21H17NO4. The predicted octanol–water partition coefficient (Wildman–Crippen LogP) is 4.17. The van der Waals surface area contributed by atoms with Gasteiger partial charge in [0.05, 0.1) is 18.2 Å². The fourth-order valence-corrected chi connectivity index (χ4v) is 2.38. The van der Waals surface area contributed by atoms with Gasteiger partial charge in [0, 0.05) is 5.69 Å². The molecule has 0 bridgehead atoms. The zero-order valence-electron chi connectivity index (χ0n) is 14.1. The van der Waals surface area contributed by atoms with Crippen LogP contribution in [0.15, 0.2) is 78.9 Å². The average Bonchev–Trinajstić information content (AvgIpc) is 2.70.